The van der Waals surface area contributed by atoms with Crippen LogP contribution >= 0.6 is 11.8 Å². The number of aromatic amines is 1. The number of hydrogen-bond donors (Lipinski definition) is 2. The summed E-state index contributed by atoms with van der Waals surface area (Å²) in [7, 11) is 0. The SMILES string of the molecule is CSC(=O)NC12C[C@@H]3C[C@@H](C1)CC(c1n[nH]c(Cc4ccccc4)n1)(C3)C2. The molecule has 1 heterocycles. The number of carbonyl (C=O) groups is 1. The Kier molecular flexibility index (Phi) is 4.08. The molecule has 4 aliphatic carbocycles. The third-order valence-corrected chi connectivity index (χ3v) is 7.31. The van der Waals surface area contributed by atoms with Gasteiger partial charge in [0.25, 0.3) is 5.24 Å². The number of amides is 1. The second-order valence-electron chi connectivity index (χ2n) is 8.91. The first-order valence-electron chi connectivity index (χ1n) is 9.90. The van der Waals surface area contributed by atoms with Crippen LogP contribution < -0.4 is 5.32 Å². The lowest BCUT2D eigenvalue weighted by atomic mass is 9.46. The van der Waals surface area contributed by atoms with Crippen molar-refractivity contribution in [1.29, 1.82) is 0 Å². The molecule has 1 aromatic carbocycles. The highest BCUT2D eigenvalue weighted by Gasteiger charge is 2.60. The van der Waals surface area contributed by atoms with E-state index in [1.165, 1.54) is 36.6 Å². The van der Waals surface area contributed by atoms with E-state index in [4.69, 9.17) is 4.98 Å². The summed E-state index contributed by atoms with van der Waals surface area (Å²) in [6.45, 7) is 0. The zero-order valence-corrected chi connectivity index (χ0v) is 16.5. The first-order valence-corrected chi connectivity index (χ1v) is 11.1. The van der Waals surface area contributed by atoms with Crippen LogP contribution in [-0.2, 0) is 11.8 Å². The van der Waals surface area contributed by atoms with Crippen LogP contribution in [0.25, 0.3) is 0 Å². The molecule has 2 atom stereocenters. The molecule has 4 saturated carbocycles. The molecule has 1 aromatic heterocycles. The van der Waals surface area contributed by atoms with Gasteiger partial charge in [-0.1, -0.05) is 42.1 Å². The second kappa shape index (κ2) is 6.36. The standard InChI is InChI=1S/C21H26N4OS/c1-27-19(26)23-21-11-15-7-16(12-21)10-20(9-15,13-21)18-22-17(24-25-18)8-14-5-3-2-4-6-14/h2-6,15-16H,7-13H2,1H3,(H,23,26)(H,22,24,25)/t15-,16-,20?,21?/m1/s1. The molecule has 2 N–H and O–H groups in total. The Labute approximate surface area is 164 Å². The van der Waals surface area contributed by atoms with Crippen LogP contribution in [0.3, 0.4) is 0 Å². The van der Waals surface area contributed by atoms with Crippen molar-refractivity contribution in [1.82, 2.24) is 20.5 Å². The number of benzene rings is 1. The highest BCUT2D eigenvalue weighted by molar-refractivity contribution is 8.12. The molecule has 1 amide bonds. The van der Waals surface area contributed by atoms with Crippen LogP contribution in [0.5, 0.6) is 0 Å². The zero-order chi connectivity index (χ0) is 18.5. The van der Waals surface area contributed by atoms with Gasteiger partial charge in [-0.3, -0.25) is 9.89 Å². The lowest BCUT2D eigenvalue weighted by Crippen LogP contribution is -2.64. The Balaban J connectivity index is 1.42. The summed E-state index contributed by atoms with van der Waals surface area (Å²) in [5.74, 6) is 3.29. The number of rotatable bonds is 4. The van der Waals surface area contributed by atoms with E-state index in [0.29, 0.717) is 11.8 Å². The predicted octanol–water partition coefficient (Wildman–Crippen LogP) is 4.06. The van der Waals surface area contributed by atoms with Gasteiger partial charge in [-0.2, -0.15) is 5.10 Å². The van der Waals surface area contributed by atoms with Gasteiger partial charge in [-0.25, -0.2) is 4.98 Å². The average Bonchev–Trinajstić information content (AvgIpc) is 3.10. The van der Waals surface area contributed by atoms with E-state index in [0.717, 1.165) is 37.3 Å². The number of nitrogens with one attached hydrogen (secondary N) is 2. The maximum absolute atomic E-state index is 12.2. The van der Waals surface area contributed by atoms with Crippen molar-refractivity contribution in [3.05, 3.63) is 47.5 Å². The minimum Gasteiger partial charge on any atom is -0.341 e. The molecule has 6 heteroatoms. The van der Waals surface area contributed by atoms with Gasteiger partial charge in [0.2, 0.25) is 0 Å². The van der Waals surface area contributed by atoms with E-state index in [9.17, 15) is 4.79 Å². The quantitative estimate of drug-likeness (QED) is 0.837. The third-order valence-electron chi connectivity index (χ3n) is 6.83. The van der Waals surface area contributed by atoms with Crippen molar-refractivity contribution >= 4 is 17.0 Å². The second-order valence-corrected chi connectivity index (χ2v) is 9.69. The van der Waals surface area contributed by atoms with Crippen LogP contribution in [0.2, 0.25) is 0 Å². The predicted molar refractivity (Wildman–Crippen MR) is 107 cm³/mol. The van der Waals surface area contributed by atoms with Crippen LogP contribution in [0.15, 0.2) is 30.3 Å². The summed E-state index contributed by atoms with van der Waals surface area (Å²) in [5, 5.41) is 11.3. The van der Waals surface area contributed by atoms with E-state index in [2.05, 4.69) is 39.8 Å². The largest absolute Gasteiger partial charge is 0.341 e. The highest BCUT2D eigenvalue weighted by Crippen LogP contribution is 2.61. The Bertz CT molecular complexity index is 835. The van der Waals surface area contributed by atoms with Crippen LogP contribution in [-0.4, -0.2) is 32.2 Å². The molecule has 5 nitrogen and oxygen atoms in total. The van der Waals surface area contributed by atoms with Gasteiger partial charge in [0.05, 0.1) is 0 Å². The van der Waals surface area contributed by atoms with Gasteiger partial charge >= 0.3 is 0 Å². The minimum atomic E-state index is -0.0512. The normalized spacial score (nSPS) is 34.0. The molecule has 4 fully saturated rings. The van der Waals surface area contributed by atoms with Gasteiger partial charge in [0.1, 0.15) is 5.82 Å². The molecular formula is C21H26N4OS. The van der Waals surface area contributed by atoms with Gasteiger partial charge < -0.3 is 5.32 Å². The van der Waals surface area contributed by atoms with Crippen molar-refractivity contribution in [3.8, 4) is 0 Å². The van der Waals surface area contributed by atoms with Crippen LogP contribution in [0, 0.1) is 11.8 Å². The smallest absolute Gasteiger partial charge is 0.279 e. The van der Waals surface area contributed by atoms with Crippen molar-refractivity contribution in [3.63, 3.8) is 0 Å². The number of H-pyrrole nitrogens is 1. The number of hydrogen-bond acceptors (Lipinski definition) is 4. The molecule has 27 heavy (non-hydrogen) atoms. The first kappa shape index (κ1) is 17.3. The molecule has 2 aromatic rings. The Morgan fingerprint density at radius 3 is 2.67 bits per heavy atom. The van der Waals surface area contributed by atoms with E-state index in [1.807, 2.05) is 12.3 Å². The maximum atomic E-state index is 12.2. The van der Waals surface area contributed by atoms with E-state index in [-0.39, 0.29) is 16.2 Å². The van der Waals surface area contributed by atoms with Gasteiger partial charge in [-0.05, 0) is 62.2 Å². The fraction of sp³-hybridized carbons (Fsp3) is 0.571. The highest BCUT2D eigenvalue weighted by atomic mass is 32.2. The van der Waals surface area contributed by atoms with E-state index >= 15 is 0 Å². The molecule has 4 bridgehead atoms. The summed E-state index contributed by atoms with van der Waals surface area (Å²) < 4.78 is 0. The summed E-state index contributed by atoms with van der Waals surface area (Å²) >= 11 is 1.29. The molecule has 6 rings (SSSR count). The summed E-state index contributed by atoms with van der Waals surface area (Å²) in [4.78, 5) is 17.1. The Morgan fingerprint density at radius 1 is 1.22 bits per heavy atom. The Morgan fingerprint density at radius 2 is 1.96 bits per heavy atom. The fourth-order valence-corrected chi connectivity index (χ4v) is 6.66. The monoisotopic (exact) mass is 382 g/mol. The van der Waals surface area contributed by atoms with Gasteiger partial charge in [0, 0.05) is 17.4 Å². The maximum Gasteiger partial charge on any atom is 0.279 e. The van der Waals surface area contributed by atoms with Crippen molar-refractivity contribution in [2.75, 3.05) is 6.26 Å². The fourth-order valence-electron chi connectivity index (χ4n) is 6.34. The number of nitrogens with zero attached hydrogens (tertiary/aromatic N) is 2. The Hall–Kier alpha value is -1.82. The molecular weight excluding hydrogens is 356 g/mol. The van der Waals surface area contributed by atoms with Crippen LogP contribution in [0.1, 0.15) is 55.7 Å². The molecule has 0 unspecified atom stereocenters. The minimum absolute atomic E-state index is 0.0290. The molecule has 0 radical (unpaired) electrons. The summed E-state index contributed by atoms with van der Waals surface area (Å²) in [5.41, 5.74) is 1.22. The number of aromatic nitrogens is 3. The van der Waals surface area contributed by atoms with Crippen molar-refractivity contribution in [2.45, 2.75) is 55.9 Å². The third kappa shape index (κ3) is 3.08. The topological polar surface area (TPSA) is 70.7 Å². The van der Waals surface area contributed by atoms with Crippen molar-refractivity contribution in [2.24, 2.45) is 11.8 Å². The zero-order valence-electron chi connectivity index (χ0n) is 15.7. The first-order chi connectivity index (χ1) is 13.1. The van der Waals surface area contributed by atoms with E-state index < -0.39 is 0 Å². The van der Waals surface area contributed by atoms with E-state index in [1.54, 1.807) is 0 Å². The molecule has 0 spiro atoms. The lowest BCUT2D eigenvalue weighted by molar-refractivity contribution is -0.0371. The molecule has 4 aliphatic rings. The molecule has 0 aliphatic heterocycles. The molecule has 142 valence electrons. The number of carbonyl (C=O) groups excluding carboxylic acids is 1. The van der Waals surface area contributed by atoms with Crippen molar-refractivity contribution < 1.29 is 4.79 Å². The summed E-state index contributed by atoms with van der Waals surface area (Å²) in [6.07, 6.45) is 9.52. The number of thioether (sulfide) groups is 1. The van der Waals surface area contributed by atoms with Gasteiger partial charge in [0.15, 0.2) is 5.82 Å². The van der Waals surface area contributed by atoms with Gasteiger partial charge in [-0.15, -0.1) is 0 Å². The molecule has 0 saturated heterocycles. The van der Waals surface area contributed by atoms with Crippen LogP contribution in [0.4, 0.5) is 4.79 Å². The average molecular weight is 383 g/mol. The lowest BCUT2D eigenvalue weighted by Gasteiger charge is -2.61. The summed E-state index contributed by atoms with van der Waals surface area (Å²) in [6, 6.07) is 10.4.